The molecule has 1 fully saturated rings. The molecule has 0 bridgehead atoms. The summed E-state index contributed by atoms with van der Waals surface area (Å²) in [7, 11) is 1.57. The van der Waals surface area contributed by atoms with Gasteiger partial charge in [-0.2, -0.15) is 0 Å². The van der Waals surface area contributed by atoms with E-state index in [1.165, 1.54) is 0 Å². The molecule has 1 aliphatic heterocycles. The van der Waals surface area contributed by atoms with Gasteiger partial charge in [0.2, 0.25) is 0 Å². The highest BCUT2D eigenvalue weighted by Crippen LogP contribution is 2.25. The Morgan fingerprint density at radius 3 is 2.81 bits per heavy atom. The molecule has 2 rings (SSSR count). The second-order valence-corrected chi connectivity index (χ2v) is 3.74. The molecule has 1 aromatic rings. The first-order chi connectivity index (χ1) is 7.66. The maximum absolute atomic E-state index is 11.1. The fourth-order valence-electron chi connectivity index (χ4n) is 1.53. The molecule has 2 N–H and O–H groups in total. The predicted molar refractivity (Wildman–Crippen MR) is 57.8 cm³/mol. The first-order valence-electron chi connectivity index (χ1n) is 4.90. The van der Waals surface area contributed by atoms with Gasteiger partial charge in [0.25, 0.3) is 0 Å². The van der Waals surface area contributed by atoms with Crippen LogP contribution in [-0.2, 0) is 9.53 Å². The van der Waals surface area contributed by atoms with Crippen molar-refractivity contribution < 1.29 is 19.4 Å². The minimum atomic E-state index is -0.994. The smallest absolute Gasteiger partial charge is 0.334 e. The van der Waals surface area contributed by atoms with Crippen LogP contribution in [-0.4, -0.2) is 36.9 Å². The zero-order valence-corrected chi connectivity index (χ0v) is 8.90. The van der Waals surface area contributed by atoms with E-state index in [0.717, 1.165) is 0 Å². The van der Waals surface area contributed by atoms with E-state index in [1.807, 2.05) is 0 Å². The molecule has 1 heterocycles. The molecule has 1 saturated heterocycles. The first kappa shape index (κ1) is 10.8. The molecule has 0 saturated carbocycles. The molecule has 86 valence electrons. The molecule has 5 nitrogen and oxygen atoms in total. The van der Waals surface area contributed by atoms with E-state index in [4.69, 9.17) is 14.6 Å². The normalized spacial score (nSPS) is 17.3. The number of carbonyl (C=O) groups is 1. The monoisotopic (exact) mass is 223 g/mol. The lowest BCUT2D eigenvalue weighted by Gasteiger charge is -2.38. The van der Waals surface area contributed by atoms with Crippen molar-refractivity contribution in [2.75, 3.05) is 25.6 Å². The number of aliphatic carboxylic acids is 1. The van der Waals surface area contributed by atoms with Crippen LogP contribution in [0.15, 0.2) is 24.3 Å². The van der Waals surface area contributed by atoms with Crippen LogP contribution in [0.3, 0.4) is 0 Å². The maximum atomic E-state index is 11.1. The summed E-state index contributed by atoms with van der Waals surface area (Å²) in [4.78, 5) is 11.1. The average molecular weight is 223 g/mol. The fraction of sp³-hybridized carbons (Fsp3) is 0.364. The van der Waals surface area contributed by atoms with Crippen molar-refractivity contribution in [3.8, 4) is 5.75 Å². The Hall–Kier alpha value is -1.75. The Morgan fingerprint density at radius 1 is 1.56 bits per heavy atom. The van der Waals surface area contributed by atoms with Crippen molar-refractivity contribution in [3.63, 3.8) is 0 Å². The number of ether oxygens (including phenoxy) is 2. The highest BCUT2D eigenvalue weighted by molar-refractivity contribution is 5.84. The van der Waals surface area contributed by atoms with Gasteiger partial charge in [0.15, 0.2) is 5.54 Å². The molecule has 1 aliphatic rings. The predicted octanol–water partition coefficient (Wildman–Crippen LogP) is 0.961. The van der Waals surface area contributed by atoms with Gasteiger partial charge in [0.1, 0.15) is 5.75 Å². The van der Waals surface area contributed by atoms with E-state index >= 15 is 0 Å². The number of carboxylic acids is 1. The standard InChI is InChI=1S/C11H13NO4/c1-15-9-4-2-3-8(5-9)12-11(10(13)14)6-16-7-11/h2-5,12H,6-7H2,1H3,(H,13,14). The topological polar surface area (TPSA) is 67.8 Å². The molecule has 16 heavy (non-hydrogen) atoms. The lowest BCUT2D eigenvalue weighted by molar-refractivity contribution is -0.158. The second-order valence-electron chi connectivity index (χ2n) is 3.74. The van der Waals surface area contributed by atoms with Crippen molar-refractivity contribution in [2.24, 2.45) is 0 Å². The van der Waals surface area contributed by atoms with Crippen molar-refractivity contribution >= 4 is 11.7 Å². The summed E-state index contributed by atoms with van der Waals surface area (Å²) in [6, 6.07) is 7.15. The lowest BCUT2D eigenvalue weighted by Crippen LogP contribution is -2.61. The van der Waals surface area contributed by atoms with E-state index in [-0.39, 0.29) is 13.2 Å². The van der Waals surface area contributed by atoms with Gasteiger partial charge in [-0.05, 0) is 12.1 Å². The third kappa shape index (κ3) is 1.81. The minimum Gasteiger partial charge on any atom is -0.497 e. The fourth-order valence-corrected chi connectivity index (χ4v) is 1.53. The van der Waals surface area contributed by atoms with Crippen molar-refractivity contribution in [2.45, 2.75) is 5.54 Å². The molecular weight excluding hydrogens is 210 g/mol. The van der Waals surface area contributed by atoms with E-state index in [9.17, 15) is 4.79 Å². The van der Waals surface area contributed by atoms with Gasteiger partial charge < -0.3 is 19.9 Å². The molecule has 5 heteroatoms. The van der Waals surface area contributed by atoms with Crippen LogP contribution in [0.4, 0.5) is 5.69 Å². The number of hydrogen-bond donors (Lipinski definition) is 2. The van der Waals surface area contributed by atoms with Crippen LogP contribution in [0, 0.1) is 0 Å². The first-order valence-corrected chi connectivity index (χ1v) is 4.90. The van der Waals surface area contributed by atoms with Gasteiger partial charge in [0, 0.05) is 11.8 Å². The number of nitrogens with one attached hydrogen (secondary N) is 1. The lowest BCUT2D eigenvalue weighted by atomic mass is 9.97. The van der Waals surface area contributed by atoms with Crippen LogP contribution in [0.25, 0.3) is 0 Å². The minimum absolute atomic E-state index is 0.180. The van der Waals surface area contributed by atoms with Crippen molar-refractivity contribution in [1.82, 2.24) is 0 Å². The summed E-state index contributed by atoms with van der Waals surface area (Å²) in [6.45, 7) is 0.360. The maximum Gasteiger partial charge on any atom is 0.334 e. The summed E-state index contributed by atoms with van der Waals surface area (Å²) < 4.78 is 10.0. The molecule has 0 aliphatic carbocycles. The van der Waals surface area contributed by atoms with Gasteiger partial charge >= 0.3 is 5.97 Å². The zero-order valence-electron chi connectivity index (χ0n) is 8.90. The quantitative estimate of drug-likeness (QED) is 0.795. The Labute approximate surface area is 93.0 Å². The van der Waals surface area contributed by atoms with E-state index < -0.39 is 11.5 Å². The van der Waals surface area contributed by atoms with Gasteiger partial charge in [-0.15, -0.1) is 0 Å². The van der Waals surface area contributed by atoms with Gasteiger partial charge in [-0.3, -0.25) is 0 Å². The Bertz CT molecular complexity index is 401. The van der Waals surface area contributed by atoms with Crippen LogP contribution >= 0.6 is 0 Å². The molecule has 0 spiro atoms. The largest absolute Gasteiger partial charge is 0.497 e. The van der Waals surface area contributed by atoms with Crippen LogP contribution < -0.4 is 10.1 Å². The number of rotatable bonds is 4. The summed E-state index contributed by atoms with van der Waals surface area (Å²) in [5.41, 5.74) is -0.281. The summed E-state index contributed by atoms with van der Waals surface area (Å²) in [6.07, 6.45) is 0. The number of benzene rings is 1. The Balaban J connectivity index is 2.16. The highest BCUT2D eigenvalue weighted by atomic mass is 16.5. The third-order valence-electron chi connectivity index (χ3n) is 2.56. The molecule has 0 radical (unpaired) electrons. The van der Waals surface area contributed by atoms with Crippen LogP contribution in [0.2, 0.25) is 0 Å². The van der Waals surface area contributed by atoms with Crippen molar-refractivity contribution in [1.29, 1.82) is 0 Å². The molecule has 0 amide bonds. The summed E-state index contributed by atoms with van der Waals surface area (Å²) in [5, 5.41) is 12.1. The van der Waals surface area contributed by atoms with Crippen molar-refractivity contribution in [3.05, 3.63) is 24.3 Å². The Morgan fingerprint density at radius 2 is 2.31 bits per heavy atom. The molecule has 0 unspecified atom stereocenters. The SMILES string of the molecule is COc1cccc(NC2(C(=O)O)COC2)c1. The van der Waals surface area contributed by atoms with E-state index in [0.29, 0.717) is 11.4 Å². The van der Waals surface area contributed by atoms with Gasteiger partial charge in [-0.25, -0.2) is 4.79 Å². The number of hydrogen-bond acceptors (Lipinski definition) is 4. The molecular formula is C11H13NO4. The summed E-state index contributed by atoms with van der Waals surface area (Å²) >= 11 is 0. The van der Waals surface area contributed by atoms with Gasteiger partial charge in [0.05, 0.1) is 20.3 Å². The van der Waals surface area contributed by atoms with E-state index in [2.05, 4.69) is 5.32 Å². The van der Waals surface area contributed by atoms with Crippen LogP contribution in [0.1, 0.15) is 0 Å². The number of anilines is 1. The number of methoxy groups -OCH3 is 1. The zero-order chi connectivity index (χ0) is 11.6. The molecule has 0 aromatic heterocycles. The van der Waals surface area contributed by atoms with Crippen LogP contribution in [0.5, 0.6) is 5.75 Å². The second kappa shape index (κ2) is 4.02. The van der Waals surface area contributed by atoms with E-state index in [1.54, 1.807) is 31.4 Å². The highest BCUT2D eigenvalue weighted by Gasteiger charge is 2.46. The molecule has 1 aromatic carbocycles. The van der Waals surface area contributed by atoms with Gasteiger partial charge in [-0.1, -0.05) is 6.07 Å². The molecule has 0 atom stereocenters. The summed E-state index contributed by atoms with van der Waals surface area (Å²) in [5.74, 6) is -0.215. The number of carboxylic acid groups (broad SMARTS) is 1. The average Bonchev–Trinajstić information content (AvgIpc) is 2.23. The Kier molecular flexibility index (Phi) is 2.70. The third-order valence-corrected chi connectivity index (χ3v) is 2.56.